The highest BCUT2D eigenvalue weighted by molar-refractivity contribution is 6.32. The third kappa shape index (κ3) is 3.04. The Balaban J connectivity index is 2.64. The minimum Gasteiger partial charge on any atom is -0.198 e. The molecule has 0 N–H and O–H groups in total. The van der Waals surface area contributed by atoms with E-state index >= 15 is 0 Å². The molecule has 1 aromatic carbocycles. The summed E-state index contributed by atoms with van der Waals surface area (Å²) in [5, 5.41) is 9.86. The second-order valence-corrected chi connectivity index (χ2v) is 3.71. The summed E-state index contributed by atoms with van der Waals surface area (Å²) in [5.41, 5.74) is 1.23. The Morgan fingerprint density at radius 1 is 1.38 bits per heavy atom. The van der Waals surface area contributed by atoms with E-state index in [0.717, 1.165) is 18.0 Å². The topological polar surface area (TPSA) is 23.8 Å². The fourth-order valence-corrected chi connectivity index (χ4v) is 1.37. The molecule has 13 heavy (non-hydrogen) atoms. The zero-order chi connectivity index (χ0) is 9.68. The van der Waals surface area contributed by atoms with E-state index in [4.69, 9.17) is 5.26 Å². The SMILES string of the molecule is CCC(C#N)Cc1ccc([Si])cc1. The predicted molar refractivity (Wildman–Crippen MR) is 54.9 cm³/mol. The minimum atomic E-state index is 0.153. The van der Waals surface area contributed by atoms with Crippen molar-refractivity contribution in [1.29, 1.82) is 5.26 Å². The van der Waals surface area contributed by atoms with Crippen LogP contribution in [0.15, 0.2) is 24.3 Å². The van der Waals surface area contributed by atoms with Crippen LogP contribution >= 0.6 is 0 Å². The molecular formula is C11H12NSi. The van der Waals surface area contributed by atoms with Crippen molar-refractivity contribution < 1.29 is 0 Å². The van der Waals surface area contributed by atoms with E-state index in [-0.39, 0.29) is 5.92 Å². The third-order valence-corrected chi connectivity index (χ3v) is 2.44. The van der Waals surface area contributed by atoms with Gasteiger partial charge in [0.25, 0.3) is 0 Å². The van der Waals surface area contributed by atoms with Gasteiger partial charge in [-0.15, -0.1) is 0 Å². The van der Waals surface area contributed by atoms with E-state index in [0.29, 0.717) is 0 Å². The first-order valence-electron chi connectivity index (χ1n) is 4.46. The Hall–Kier alpha value is -1.07. The Labute approximate surface area is 82.8 Å². The first kappa shape index (κ1) is 10.0. The van der Waals surface area contributed by atoms with Crippen LogP contribution in [0.5, 0.6) is 0 Å². The third-order valence-electron chi connectivity index (χ3n) is 2.11. The summed E-state index contributed by atoms with van der Waals surface area (Å²) in [6.45, 7) is 2.05. The Morgan fingerprint density at radius 2 is 2.00 bits per heavy atom. The Kier molecular flexibility index (Phi) is 3.72. The zero-order valence-electron chi connectivity index (χ0n) is 7.75. The first-order valence-corrected chi connectivity index (χ1v) is 4.96. The lowest BCUT2D eigenvalue weighted by Gasteiger charge is -2.05. The van der Waals surface area contributed by atoms with Gasteiger partial charge in [-0.25, -0.2) is 0 Å². The lowest BCUT2D eigenvalue weighted by molar-refractivity contribution is 0.638. The quantitative estimate of drug-likeness (QED) is 0.657. The summed E-state index contributed by atoms with van der Waals surface area (Å²) in [4.78, 5) is 0. The van der Waals surface area contributed by atoms with E-state index in [1.807, 2.05) is 19.1 Å². The molecule has 0 saturated carbocycles. The predicted octanol–water partition coefficient (Wildman–Crippen LogP) is 1.57. The van der Waals surface area contributed by atoms with Gasteiger partial charge in [-0.05, 0) is 18.4 Å². The van der Waals surface area contributed by atoms with Crippen LogP contribution in [0.2, 0.25) is 0 Å². The first-order chi connectivity index (χ1) is 6.26. The molecule has 1 rings (SSSR count). The molecule has 0 fully saturated rings. The van der Waals surface area contributed by atoms with Crippen LogP contribution < -0.4 is 5.19 Å². The second kappa shape index (κ2) is 4.83. The van der Waals surface area contributed by atoms with Crippen molar-refractivity contribution >= 4 is 15.4 Å². The number of rotatable bonds is 3. The van der Waals surface area contributed by atoms with Gasteiger partial charge in [-0.1, -0.05) is 36.4 Å². The number of hydrogen-bond acceptors (Lipinski definition) is 1. The van der Waals surface area contributed by atoms with Crippen LogP contribution in [0, 0.1) is 17.2 Å². The highest BCUT2D eigenvalue weighted by Crippen LogP contribution is 2.09. The van der Waals surface area contributed by atoms with Gasteiger partial charge in [0.15, 0.2) is 0 Å². The summed E-state index contributed by atoms with van der Waals surface area (Å²) in [6, 6.07) is 10.4. The van der Waals surface area contributed by atoms with E-state index in [1.165, 1.54) is 5.56 Å². The van der Waals surface area contributed by atoms with Crippen LogP contribution in [0.4, 0.5) is 0 Å². The monoisotopic (exact) mass is 186 g/mol. The maximum absolute atomic E-state index is 8.78. The van der Waals surface area contributed by atoms with Crippen LogP contribution in [-0.4, -0.2) is 10.2 Å². The smallest absolute Gasteiger partial charge is 0.0711 e. The summed E-state index contributed by atoms with van der Waals surface area (Å²) >= 11 is 0. The fraction of sp³-hybridized carbons (Fsp3) is 0.364. The van der Waals surface area contributed by atoms with Crippen LogP contribution in [-0.2, 0) is 6.42 Å². The summed E-state index contributed by atoms with van der Waals surface area (Å²) in [5.74, 6) is 0.153. The zero-order valence-corrected chi connectivity index (χ0v) is 8.75. The maximum atomic E-state index is 8.78. The largest absolute Gasteiger partial charge is 0.198 e. The van der Waals surface area contributed by atoms with Gasteiger partial charge in [0.2, 0.25) is 0 Å². The highest BCUT2D eigenvalue weighted by atomic mass is 28.1. The van der Waals surface area contributed by atoms with E-state index in [9.17, 15) is 0 Å². The molecule has 0 aliphatic heterocycles. The molecule has 0 aliphatic rings. The average Bonchev–Trinajstić information content (AvgIpc) is 2.17. The molecule has 0 aromatic heterocycles. The molecular weight excluding hydrogens is 174 g/mol. The number of nitrogens with zero attached hydrogens (tertiary/aromatic N) is 1. The van der Waals surface area contributed by atoms with Crippen molar-refractivity contribution in [1.82, 2.24) is 0 Å². The molecule has 0 aliphatic carbocycles. The molecule has 3 radical (unpaired) electrons. The normalized spacial score (nSPS) is 12.1. The molecule has 0 heterocycles. The molecule has 2 heteroatoms. The van der Waals surface area contributed by atoms with Crippen LogP contribution in [0.25, 0.3) is 0 Å². The van der Waals surface area contributed by atoms with Crippen molar-refractivity contribution in [2.45, 2.75) is 19.8 Å². The standard InChI is InChI=1S/C11H12NSi/c1-2-9(8-12)7-10-3-5-11(13)6-4-10/h3-6,9H,2,7H2,1H3. The molecule has 0 amide bonds. The second-order valence-electron chi connectivity index (χ2n) is 3.14. The molecule has 1 aromatic rings. The van der Waals surface area contributed by atoms with Gasteiger partial charge in [0, 0.05) is 0 Å². The van der Waals surface area contributed by atoms with Gasteiger partial charge in [-0.3, -0.25) is 0 Å². The fourth-order valence-electron chi connectivity index (χ4n) is 1.21. The van der Waals surface area contributed by atoms with Crippen molar-refractivity contribution in [3.05, 3.63) is 29.8 Å². The summed E-state index contributed by atoms with van der Waals surface area (Å²) in [6.07, 6.45) is 1.78. The van der Waals surface area contributed by atoms with E-state index in [2.05, 4.69) is 28.4 Å². The van der Waals surface area contributed by atoms with Crippen LogP contribution in [0.1, 0.15) is 18.9 Å². The van der Waals surface area contributed by atoms with Gasteiger partial charge in [-0.2, -0.15) is 5.26 Å². The Bertz CT molecular complexity index is 297. The number of benzene rings is 1. The Morgan fingerprint density at radius 3 is 2.46 bits per heavy atom. The van der Waals surface area contributed by atoms with Crippen molar-refractivity contribution in [2.24, 2.45) is 5.92 Å². The molecule has 1 nitrogen and oxygen atoms in total. The van der Waals surface area contributed by atoms with Crippen LogP contribution in [0.3, 0.4) is 0 Å². The average molecular weight is 186 g/mol. The molecule has 1 unspecified atom stereocenters. The summed E-state index contributed by atoms with van der Waals surface area (Å²) in [7, 11) is 3.43. The van der Waals surface area contributed by atoms with E-state index < -0.39 is 0 Å². The maximum Gasteiger partial charge on any atom is 0.0711 e. The van der Waals surface area contributed by atoms with Crippen molar-refractivity contribution in [3.8, 4) is 6.07 Å². The van der Waals surface area contributed by atoms with E-state index in [1.54, 1.807) is 0 Å². The lowest BCUT2D eigenvalue weighted by Crippen LogP contribution is -2.04. The lowest BCUT2D eigenvalue weighted by atomic mass is 9.99. The van der Waals surface area contributed by atoms with Gasteiger partial charge >= 0.3 is 0 Å². The summed E-state index contributed by atoms with van der Waals surface area (Å²) < 4.78 is 0. The molecule has 0 bridgehead atoms. The number of nitriles is 1. The van der Waals surface area contributed by atoms with Gasteiger partial charge < -0.3 is 0 Å². The van der Waals surface area contributed by atoms with Gasteiger partial charge in [0.1, 0.15) is 0 Å². The van der Waals surface area contributed by atoms with Crippen molar-refractivity contribution in [2.75, 3.05) is 0 Å². The number of hydrogen-bond donors (Lipinski definition) is 0. The molecule has 0 saturated heterocycles. The molecule has 0 spiro atoms. The molecule has 1 atom stereocenters. The molecule has 65 valence electrons. The van der Waals surface area contributed by atoms with Crippen molar-refractivity contribution in [3.63, 3.8) is 0 Å². The highest BCUT2D eigenvalue weighted by Gasteiger charge is 2.04. The van der Waals surface area contributed by atoms with Gasteiger partial charge in [0.05, 0.1) is 22.2 Å². The minimum absolute atomic E-state index is 0.153.